The van der Waals surface area contributed by atoms with Gasteiger partial charge in [0.25, 0.3) is 0 Å². The van der Waals surface area contributed by atoms with Crippen LogP contribution in [0.25, 0.3) is 0 Å². The molecular formula is C10H18O. The van der Waals surface area contributed by atoms with E-state index in [1.54, 1.807) is 0 Å². The molecule has 11 heavy (non-hydrogen) atoms. The van der Waals surface area contributed by atoms with Crippen molar-refractivity contribution in [3.05, 3.63) is 0 Å². The highest BCUT2D eigenvalue weighted by Crippen LogP contribution is 1.92. The molecule has 0 rings (SSSR count). The predicted octanol–water partition coefficient (Wildman–Crippen LogP) is 2.46. The highest BCUT2D eigenvalue weighted by Gasteiger charge is 1.93. The third-order valence-electron chi connectivity index (χ3n) is 1.15. The second kappa shape index (κ2) is 6.24. The third kappa shape index (κ3) is 7.42. The van der Waals surface area contributed by atoms with Crippen LogP contribution in [0.2, 0.25) is 0 Å². The predicted molar refractivity (Wildman–Crippen MR) is 48.3 cm³/mol. The van der Waals surface area contributed by atoms with Crippen LogP contribution in [0.1, 0.15) is 34.1 Å². The summed E-state index contributed by atoms with van der Waals surface area (Å²) in [4.78, 5) is 0. The first kappa shape index (κ1) is 10.5. The number of hydrogen-bond acceptors (Lipinski definition) is 1. The first-order chi connectivity index (χ1) is 5.16. The lowest BCUT2D eigenvalue weighted by Gasteiger charge is -2.03. The van der Waals surface area contributed by atoms with Crippen LogP contribution in [0.4, 0.5) is 0 Å². The minimum atomic E-state index is 0.0948. The van der Waals surface area contributed by atoms with Gasteiger partial charge in [-0.15, -0.1) is 0 Å². The van der Waals surface area contributed by atoms with Gasteiger partial charge < -0.3 is 4.74 Å². The van der Waals surface area contributed by atoms with Crippen molar-refractivity contribution in [1.82, 2.24) is 0 Å². The van der Waals surface area contributed by atoms with E-state index >= 15 is 0 Å². The SMILES string of the molecule is CCCOC(C)C#CC(C)C. The van der Waals surface area contributed by atoms with Crippen LogP contribution in [0.5, 0.6) is 0 Å². The molecule has 1 nitrogen and oxygen atoms in total. The van der Waals surface area contributed by atoms with Crippen molar-refractivity contribution in [2.24, 2.45) is 5.92 Å². The number of hydrogen-bond donors (Lipinski definition) is 0. The van der Waals surface area contributed by atoms with E-state index in [4.69, 9.17) is 4.74 Å². The van der Waals surface area contributed by atoms with Crippen LogP contribution in [-0.4, -0.2) is 12.7 Å². The van der Waals surface area contributed by atoms with Crippen molar-refractivity contribution in [3.63, 3.8) is 0 Å². The van der Waals surface area contributed by atoms with Crippen molar-refractivity contribution in [1.29, 1.82) is 0 Å². The zero-order valence-corrected chi connectivity index (χ0v) is 7.98. The molecule has 64 valence electrons. The van der Waals surface area contributed by atoms with Crippen LogP contribution in [0.3, 0.4) is 0 Å². The van der Waals surface area contributed by atoms with Gasteiger partial charge in [-0.1, -0.05) is 32.6 Å². The molecule has 0 saturated carbocycles. The first-order valence-electron chi connectivity index (χ1n) is 4.29. The van der Waals surface area contributed by atoms with Gasteiger partial charge in [-0.25, -0.2) is 0 Å². The normalized spacial score (nSPS) is 12.5. The van der Waals surface area contributed by atoms with Gasteiger partial charge >= 0.3 is 0 Å². The van der Waals surface area contributed by atoms with Crippen LogP contribution in [0.15, 0.2) is 0 Å². The van der Waals surface area contributed by atoms with E-state index in [0.717, 1.165) is 13.0 Å². The van der Waals surface area contributed by atoms with Crippen LogP contribution in [-0.2, 0) is 4.74 Å². The third-order valence-corrected chi connectivity index (χ3v) is 1.15. The van der Waals surface area contributed by atoms with E-state index in [2.05, 4.69) is 32.6 Å². The van der Waals surface area contributed by atoms with Gasteiger partial charge in [0.1, 0.15) is 6.10 Å². The molecule has 1 unspecified atom stereocenters. The average molecular weight is 154 g/mol. The molecule has 0 N–H and O–H groups in total. The minimum Gasteiger partial charge on any atom is -0.366 e. The second-order valence-corrected chi connectivity index (χ2v) is 2.96. The van der Waals surface area contributed by atoms with E-state index in [1.807, 2.05) is 6.92 Å². The first-order valence-corrected chi connectivity index (χ1v) is 4.29. The number of ether oxygens (including phenoxy) is 1. The maximum atomic E-state index is 5.37. The monoisotopic (exact) mass is 154 g/mol. The van der Waals surface area contributed by atoms with Crippen LogP contribution < -0.4 is 0 Å². The summed E-state index contributed by atoms with van der Waals surface area (Å²) in [6.07, 6.45) is 1.16. The molecule has 0 saturated heterocycles. The molecule has 0 fully saturated rings. The Labute approximate surface area is 70.1 Å². The van der Waals surface area contributed by atoms with Gasteiger partial charge in [-0.3, -0.25) is 0 Å². The maximum absolute atomic E-state index is 5.37. The Bertz CT molecular complexity index is 139. The Morgan fingerprint density at radius 3 is 2.27 bits per heavy atom. The van der Waals surface area contributed by atoms with Crippen molar-refractivity contribution < 1.29 is 4.74 Å². The molecule has 0 aliphatic heterocycles. The number of rotatable bonds is 3. The quantitative estimate of drug-likeness (QED) is 0.567. The van der Waals surface area contributed by atoms with Crippen molar-refractivity contribution in [3.8, 4) is 11.8 Å². The van der Waals surface area contributed by atoms with Crippen molar-refractivity contribution in [2.45, 2.75) is 40.2 Å². The molecule has 0 aromatic rings. The molecular weight excluding hydrogens is 136 g/mol. The molecule has 0 spiro atoms. The van der Waals surface area contributed by atoms with E-state index in [9.17, 15) is 0 Å². The van der Waals surface area contributed by atoms with E-state index in [0.29, 0.717) is 5.92 Å². The lowest BCUT2D eigenvalue weighted by molar-refractivity contribution is 0.104. The zero-order valence-electron chi connectivity index (χ0n) is 7.98. The lowest BCUT2D eigenvalue weighted by atomic mass is 10.2. The van der Waals surface area contributed by atoms with Crippen molar-refractivity contribution in [2.75, 3.05) is 6.61 Å². The van der Waals surface area contributed by atoms with E-state index in [-0.39, 0.29) is 6.10 Å². The Morgan fingerprint density at radius 2 is 1.82 bits per heavy atom. The standard InChI is InChI=1S/C10H18O/c1-5-8-11-10(4)7-6-9(2)3/h9-10H,5,8H2,1-4H3. The lowest BCUT2D eigenvalue weighted by Crippen LogP contribution is -2.05. The summed E-state index contributed by atoms with van der Waals surface area (Å²) in [5, 5.41) is 0. The maximum Gasteiger partial charge on any atom is 0.115 e. The summed E-state index contributed by atoms with van der Waals surface area (Å²) in [7, 11) is 0. The molecule has 0 aromatic heterocycles. The van der Waals surface area contributed by atoms with Gasteiger partial charge in [0.15, 0.2) is 0 Å². The molecule has 0 aliphatic rings. The second-order valence-electron chi connectivity index (χ2n) is 2.96. The Hall–Kier alpha value is -0.480. The summed E-state index contributed by atoms with van der Waals surface area (Å²) >= 11 is 0. The average Bonchev–Trinajstić information content (AvgIpc) is 1.97. The summed E-state index contributed by atoms with van der Waals surface area (Å²) in [5.74, 6) is 6.57. The van der Waals surface area contributed by atoms with Gasteiger partial charge in [-0.2, -0.15) is 0 Å². The smallest absolute Gasteiger partial charge is 0.115 e. The molecule has 0 amide bonds. The summed E-state index contributed by atoms with van der Waals surface area (Å²) in [6.45, 7) is 9.07. The molecule has 0 aromatic carbocycles. The summed E-state index contributed by atoms with van der Waals surface area (Å²) in [6, 6.07) is 0. The van der Waals surface area contributed by atoms with Gasteiger partial charge in [0.05, 0.1) is 0 Å². The summed E-state index contributed by atoms with van der Waals surface area (Å²) in [5.41, 5.74) is 0. The fourth-order valence-electron chi connectivity index (χ4n) is 0.620. The topological polar surface area (TPSA) is 9.23 Å². The zero-order chi connectivity index (χ0) is 8.69. The molecule has 0 aliphatic carbocycles. The minimum absolute atomic E-state index is 0.0948. The van der Waals surface area contributed by atoms with Gasteiger partial charge in [0.2, 0.25) is 0 Å². The molecule has 0 radical (unpaired) electrons. The molecule has 1 atom stereocenters. The van der Waals surface area contributed by atoms with Crippen molar-refractivity contribution >= 4 is 0 Å². The molecule has 0 heterocycles. The van der Waals surface area contributed by atoms with Gasteiger partial charge in [0, 0.05) is 12.5 Å². The van der Waals surface area contributed by atoms with Crippen LogP contribution >= 0.6 is 0 Å². The van der Waals surface area contributed by atoms with E-state index < -0.39 is 0 Å². The fourth-order valence-corrected chi connectivity index (χ4v) is 0.620. The summed E-state index contributed by atoms with van der Waals surface area (Å²) < 4.78 is 5.37. The highest BCUT2D eigenvalue weighted by atomic mass is 16.5. The van der Waals surface area contributed by atoms with Crippen LogP contribution in [0, 0.1) is 17.8 Å². The molecule has 1 heteroatoms. The fraction of sp³-hybridized carbons (Fsp3) is 0.800. The Kier molecular flexibility index (Phi) is 5.97. The van der Waals surface area contributed by atoms with E-state index in [1.165, 1.54) is 0 Å². The molecule has 0 bridgehead atoms. The Balaban J connectivity index is 3.53. The Morgan fingerprint density at radius 1 is 1.18 bits per heavy atom. The highest BCUT2D eigenvalue weighted by molar-refractivity contribution is 5.05. The van der Waals surface area contributed by atoms with Gasteiger partial charge in [-0.05, 0) is 13.3 Å². The largest absolute Gasteiger partial charge is 0.366 e.